The van der Waals surface area contributed by atoms with E-state index in [4.69, 9.17) is 23.7 Å². The van der Waals surface area contributed by atoms with Crippen molar-refractivity contribution < 1.29 is 28.8 Å². The van der Waals surface area contributed by atoms with Crippen LogP contribution in [0.4, 0.5) is 0 Å². The largest absolute Gasteiger partial charge is 0.493 e. The van der Waals surface area contributed by atoms with Crippen LogP contribution in [0.25, 0.3) is 0 Å². The number of hydrogen-bond donors (Lipinski definition) is 3. The Hall–Kier alpha value is -2.68. The maximum Gasteiger partial charge on any atom is 0.203 e. The second-order valence-electron chi connectivity index (χ2n) is 8.30. The van der Waals surface area contributed by atoms with Gasteiger partial charge in [-0.2, -0.15) is 0 Å². The number of ether oxygens (including phenoxy) is 5. The molecule has 3 N–H and O–H groups in total. The number of para-hydroxylation sites is 1. The molecule has 1 heterocycles. The summed E-state index contributed by atoms with van der Waals surface area (Å²) in [6, 6.07) is 11.7. The minimum atomic E-state index is -0.450. The van der Waals surface area contributed by atoms with Crippen molar-refractivity contribution in [2.24, 2.45) is 0 Å². The molecule has 0 saturated carbocycles. The van der Waals surface area contributed by atoms with Crippen molar-refractivity contribution in [2.75, 3.05) is 47.1 Å². The minimum absolute atomic E-state index is 0.110. The predicted molar refractivity (Wildman–Crippen MR) is 127 cm³/mol. The zero-order valence-corrected chi connectivity index (χ0v) is 19.9. The van der Waals surface area contributed by atoms with Crippen LogP contribution in [0.2, 0.25) is 0 Å². The highest BCUT2D eigenvalue weighted by atomic mass is 16.6. The molecule has 1 aliphatic heterocycles. The fraction of sp³-hybridized carbons (Fsp3) is 0.520. The fourth-order valence-electron chi connectivity index (χ4n) is 3.55. The standard InChI is InChI=1S/C25H36N2O6/c1-17(2)27-14-19(28)12-18-8-9-21-24(13-18)33-20(16-32-21)15-26-10-11-31-25-22(29-3)6-5-7-23(25)30-4/h5-9,13,17,19-20,26-28H,10-12,14-16H2,1-4H3. The number of aliphatic hydroxyl groups is 1. The zero-order chi connectivity index (χ0) is 23.6. The third-order valence-electron chi connectivity index (χ3n) is 5.24. The molecule has 0 fully saturated rings. The minimum Gasteiger partial charge on any atom is -0.493 e. The number of aliphatic hydroxyl groups excluding tert-OH is 1. The summed E-state index contributed by atoms with van der Waals surface area (Å²) >= 11 is 0. The molecule has 0 spiro atoms. The van der Waals surface area contributed by atoms with Crippen molar-refractivity contribution in [1.29, 1.82) is 0 Å². The molecule has 8 nitrogen and oxygen atoms in total. The third kappa shape index (κ3) is 7.42. The highest BCUT2D eigenvalue weighted by Crippen LogP contribution is 2.36. The lowest BCUT2D eigenvalue weighted by molar-refractivity contribution is 0.0893. The lowest BCUT2D eigenvalue weighted by Gasteiger charge is -2.27. The van der Waals surface area contributed by atoms with E-state index in [0.29, 0.717) is 68.3 Å². The molecule has 0 bridgehead atoms. The Kier molecular flexibility index (Phi) is 9.47. The summed E-state index contributed by atoms with van der Waals surface area (Å²) in [6.45, 7) is 6.86. The first-order valence-electron chi connectivity index (χ1n) is 11.4. The molecule has 2 aromatic carbocycles. The average Bonchev–Trinajstić information content (AvgIpc) is 2.82. The van der Waals surface area contributed by atoms with Crippen molar-refractivity contribution >= 4 is 0 Å². The maximum atomic E-state index is 10.3. The Balaban J connectivity index is 1.44. The molecule has 2 atom stereocenters. The fourth-order valence-corrected chi connectivity index (χ4v) is 3.55. The molecule has 8 heteroatoms. The van der Waals surface area contributed by atoms with Crippen LogP contribution in [0, 0.1) is 0 Å². The number of hydrogen-bond acceptors (Lipinski definition) is 8. The van der Waals surface area contributed by atoms with Crippen LogP contribution < -0.4 is 34.3 Å². The molecule has 0 saturated heterocycles. The van der Waals surface area contributed by atoms with Crippen molar-refractivity contribution in [3.05, 3.63) is 42.0 Å². The third-order valence-corrected chi connectivity index (χ3v) is 5.24. The highest BCUT2D eigenvalue weighted by molar-refractivity contribution is 5.51. The van der Waals surface area contributed by atoms with Crippen LogP contribution in [0.5, 0.6) is 28.7 Å². The summed E-state index contributed by atoms with van der Waals surface area (Å²) in [5, 5.41) is 16.8. The van der Waals surface area contributed by atoms with Crippen molar-refractivity contribution in [1.82, 2.24) is 10.6 Å². The first-order valence-corrected chi connectivity index (χ1v) is 11.4. The van der Waals surface area contributed by atoms with E-state index >= 15 is 0 Å². The molecule has 2 aromatic rings. The summed E-state index contributed by atoms with van der Waals surface area (Å²) in [4.78, 5) is 0. The van der Waals surface area contributed by atoms with Gasteiger partial charge in [0, 0.05) is 25.7 Å². The summed E-state index contributed by atoms with van der Waals surface area (Å²) in [5.41, 5.74) is 1.02. The van der Waals surface area contributed by atoms with Crippen LogP contribution >= 0.6 is 0 Å². The van der Waals surface area contributed by atoms with Crippen molar-refractivity contribution in [3.63, 3.8) is 0 Å². The molecule has 33 heavy (non-hydrogen) atoms. The first kappa shape index (κ1) is 25.0. The van der Waals surface area contributed by atoms with E-state index in [-0.39, 0.29) is 6.10 Å². The normalized spacial score (nSPS) is 15.9. The van der Waals surface area contributed by atoms with Gasteiger partial charge in [-0.25, -0.2) is 0 Å². The van der Waals surface area contributed by atoms with Gasteiger partial charge in [0.25, 0.3) is 0 Å². The molecular weight excluding hydrogens is 424 g/mol. The van der Waals surface area contributed by atoms with Crippen LogP contribution in [0.15, 0.2) is 36.4 Å². The molecule has 3 rings (SSSR count). The molecule has 2 unspecified atom stereocenters. The zero-order valence-electron chi connectivity index (χ0n) is 19.9. The number of nitrogens with one attached hydrogen (secondary N) is 2. The quantitative estimate of drug-likeness (QED) is 0.393. The van der Waals surface area contributed by atoms with Gasteiger partial charge >= 0.3 is 0 Å². The number of fused-ring (bicyclic) bond motifs is 1. The van der Waals surface area contributed by atoms with Gasteiger partial charge in [-0.1, -0.05) is 26.0 Å². The van der Waals surface area contributed by atoms with E-state index in [2.05, 4.69) is 24.5 Å². The topological polar surface area (TPSA) is 90.4 Å². The van der Waals surface area contributed by atoms with Gasteiger partial charge in [0.1, 0.15) is 19.3 Å². The summed E-state index contributed by atoms with van der Waals surface area (Å²) < 4.78 is 28.6. The Morgan fingerprint density at radius 2 is 1.85 bits per heavy atom. The highest BCUT2D eigenvalue weighted by Gasteiger charge is 2.21. The lowest BCUT2D eigenvalue weighted by Crippen LogP contribution is -2.39. The van der Waals surface area contributed by atoms with Crippen molar-refractivity contribution in [3.8, 4) is 28.7 Å². The van der Waals surface area contributed by atoms with Crippen LogP contribution in [-0.4, -0.2) is 70.4 Å². The van der Waals surface area contributed by atoms with Gasteiger partial charge in [0.05, 0.1) is 20.3 Å². The van der Waals surface area contributed by atoms with E-state index in [0.717, 1.165) is 11.3 Å². The molecule has 182 valence electrons. The van der Waals surface area contributed by atoms with E-state index in [9.17, 15) is 5.11 Å². The summed E-state index contributed by atoms with van der Waals surface area (Å²) in [5.74, 6) is 3.31. The SMILES string of the molecule is COc1cccc(OC)c1OCCNCC1COc2ccc(CC(O)CNC(C)C)cc2O1. The molecule has 1 aliphatic rings. The number of rotatable bonds is 13. The van der Waals surface area contributed by atoms with E-state index < -0.39 is 6.10 Å². The van der Waals surface area contributed by atoms with Crippen LogP contribution in [0.3, 0.4) is 0 Å². The molecular formula is C25H36N2O6. The van der Waals surface area contributed by atoms with Gasteiger partial charge in [0.2, 0.25) is 5.75 Å². The first-order chi connectivity index (χ1) is 16.0. The van der Waals surface area contributed by atoms with Crippen LogP contribution in [-0.2, 0) is 6.42 Å². The van der Waals surface area contributed by atoms with E-state index in [1.54, 1.807) is 14.2 Å². The van der Waals surface area contributed by atoms with Gasteiger partial charge in [-0.15, -0.1) is 0 Å². The Morgan fingerprint density at radius 1 is 1.09 bits per heavy atom. The smallest absolute Gasteiger partial charge is 0.203 e. The van der Waals surface area contributed by atoms with Gasteiger partial charge in [-0.05, 0) is 36.2 Å². The Bertz CT molecular complexity index is 854. The molecule has 0 amide bonds. The van der Waals surface area contributed by atoms with Gasteiger partial charge < -0.3 is 39.4 Å². The molecule has 0 radical (unpaired) electrons. The monoisotopic (exact) mass is 460 g/mol. The van der Waals surface area contributed by atoms with Gasteiger partial charge in [0.15, 0.2) is 23.0 Å². The van der Waals surface area contributed by atoms with Gasteiger partial charge in [-0.3, -0.25) is 0 Å². The van der Waals surface area contributed by atoms with E-state index in [1.807, 2.05) is 36.4 Å². The number of benzene rings is 2. The average molecular weight is 461 g/mol. The second kappa shape index (κ2) is 12.5. The molecule has 0 aliphatic carbocycles. The second-order valence-corrected chi connectivity index (χ2v) is 8.30. The van der Waals surface area contributed by atoms with Crippen LogP contribution in [0.1, 0.15) is 19.4 Å². The Labute approximate surface area is 196 Å². The predicted octanol–water partition coefficient (Wildman–Crippen LogP) is 2.41. The maximum absolute atomic E-state index is 10.3. The molecule has 0 aromatic heterocycles. The lowest BCUT2D eigenvalue weighted by atomic mass is 10.1. The number of methoxy groups -OCH3 is 2. The Morgan fingerprint density at radius 3 is 2.55 bits per heavy atom. The van der Waals surface area contributed by atoms with E-state index in [1.165, 1.54) is 0 Å². The summed E-state index contributed by atoms with van der Waals surface area (Å²) in [6.07, 6.45) is -0.00129. The van der Waals surface area contributed by atoms with Crippen molar-refractivity contribution in [2.45, 2.75) is 38.5 Å². The summed E-state index contributed by atoms with van der Waals surface area (Å²) in [7, 11) is 3.21.